The van der Waals surface area contributed by atoms with Crippen LogP contribution in [0.15, 0.2) is 4.52 Å². The molecule has 0 spiro atoms. The van der Waals surface area contributed by atoms with Crippen molar-refractivity contribution in [1.29, 1.82) is 0 Å². The number of aromatic nitrogens is 2. The van der Waals surface area contributed by atoms with Crippen LogP contribution in [0, 0.1) is 5.92 Å². The Hall–Kier alpha value is -0.820. The van der Waals surface area contributed by atoms with Crippen LogP contribution in [0.25, 0.3) is 0 Å². The quantitative estimate of drug-likeness (QED) is 0.882. The van der Waals surface area contributed by atoms with Gasteiger partial charge in [-0.2, -0.15) is 18.2 Å². The van der Waals surface area contributed by atoms with Gasteiger partial charge in [0.05, 0.1) is 11.5 Å². The minimum absolute atomic E-state index is 0. The first-order chi connectivity index (χ1) is 9.90. The van der Waals surface area contributed by atoms with Gasteiger partial charge in [-0.05, 0) is 25.7 Å². The first-order valence-corrected chi connectivity index (χ1v) is 7.60. The van der Waals surface area contributed by atoms with Gasteiger partial charge < -0.3 is 10.3 Å². The zero-order valence-electron chi connectivity index (χ0n) is 12.2. The topological polar surface area (TPSA) is 64.9 Å². The fourth-order valence-corrected chi connectivity index (χ4v) is 3.64. The van der Waals surface area contributed by atoms with Crippen molar-refractivity contribution in [2.75, 3.05) is 0 Å². The van der Waals surface area contributed by atoms with Crippen molar-refractivity contribution in [2.24, 2.45) is 11.7 Å². The largest absolute Gasteiger partial charge is 0.392 e. The Kier molecular flexibility index (Phi) is 5.06. The Bertz CT molecular complexity index is 500. The highest BCUT2D eigenvalue weighted by molar-refractivity contribution is 5.85. The lowest BCUT2D eigenvalue weighted by Crippen LogP contribution is -2.35. The van der Waals surface area contributed by atoms with Crippen molar-refractivity contribution in [3.63, 3.8) is 0 Å². The Balaban J connectivity index is 0.00000176. The maximum absolute atomic E-state index is 13.1. The summed E-state index contributed by atoms with van der Waals surface area (Å²) >= 11 is 0. The van der Waals surface area contributed by atoms with Crippen molar-refractivity contribution < 1.29 is 17.7 Å². The van der Waals surface area contributed by atoms with Gasteiger partial charge in [-0.15, -0.1) is 12.4 Å². The second kappa shape index (κ2) is 6.35. The van der Waals surface area contributed by atoms with Gasteiger partial charge in [0.1, 0.15) is 0 Å². The third kappa shape index (κ3) is 3.25. The van der Waals surface area contributed by atoms with E-state index >= 15 is 0 Å². The molecule has 0 saturated heterocycles. The molecule has 2 N–H and O–H groups in total. The number of nitrogens with zero attached hydrogens (tertiary/aromatic N) is 2. The van der Waals surface area contributed by atoms with E-state index in [2.05, 4.69) is 10.1 Å². The number of rotatable bonds is 2. The molecule has 0 amide bonds. The van der Waals surface area contributed by atoms with E-state index in [1.54, 1.807) is 0 Å². The standard InChI is InChI=1S/C14H20F3N3O.ClH/c15-14(16,17)10-6-2-1-5-9(10)11-19-12(20-21-11)13(18)7-3-4-8-13;/h9-10H,1-8,18H2;1H. The fourth-order valence-electron chi connectivity index (χ4n) is 3.64. The number of halogens is 4. The molecule has 2 atom stereocenters. The van der Waals surface area contributed by atoms with Crippen molar-refractivity contribution in [1.82, 2.24) is 10.1 Å². The van der Waals surface area contributed by atoms with Crippen molar-refractivity contribution in [3.05, 3.63) is 11.7 Å². The summed E-state index contributed by atoms with van der Waals surface area (Å²) in [5, 5.41) is 3.88. The average Bonchev–Trinajstić information content (AvgIpc) is 3.07. The van der Waals surface area contributed by atoms with E-state index < -0.39 is 23.6 Å². The molecule has 0 radical (unpaired) electrons. The third-order valence-corrected chi connectivity index (χ3v) is 4.89. The minimum Gasteiger partial charge on any atom is -0.339 e. The third-order valence-electron chi connectivity index (χ3n) is 4.89. The summed E-state index contributed by atoms with van der Waals surface area (Å²) in [6, 6.07) is 0. The van der Waals surface area contributed by atoms with Crippen LogP contribution in [-0.4, -0.2) is 16.3 Å². The van der Waals surface area contributed by atoms with Crippen LogP contribution in [-0.2, 0) is 5.54 Å². The van der Waals surface area contributed by atoms with Gasteiger partial charge in [0.2, 0.25) is 5.89 Å². The average molecular weight is 340 g/mol. The summed E-state index contributed by atoms with van der Waals surface area (Å²) in [7, 11) is 0. The lowest BCUT2D eigenvalue weighted by atomic mass is 9.78. The van der Waals surface area contributed by atoms with Crippen LogP contribution in [0.4, 0.5) is 13.2 Å². The number of alkyl halides is 3. The number of hydrogen-bond donors (Lipinski definition) is 1. The highest BCUT2D eigenvalue weighted by Gasteiger charge is 2.48. The van der Waals surface area contributed by atoms with E-state index in [-0.39, 0.29) is 24.7 Å². The van der Waals surface area contributed by atoms with Crippen LogP contribution in [0.1, 0.15) is 69.0 Å². The summed E-state index contributed by atoms with van der Waals surface area (Å²) in [5.74, 6) is -1.60. The molecular formula is C14H21ClF3N3O. The van der Waals surface area contributed by atoms with Crippen LogP contribution in [0.2, 0.25) is 0 Å². The maximum Gasteiger partial charge on any atom is 0.392 e. The second-order valence-electron chi connectivity index (χ2n) is 6.36. The summed E-state index contributed by atoms with van der Waals surface area (Å²) in [4.78, 5) is 4.25. The maximum atomic E-state index is 13.1. The van der Waals surface area contributed by atoms with Crippen molar-refractivity contribution in [2.45, 2.75) is 69.0 Å². The molecule has 8 heteroatoms. The monoisotopic (exact) mass is 339 g/mol. The molecule has 0 aromatic carbocycles. The van der Waals surface area contributed by atoms with Crippen LogP contribution in [0.5, 0.6) is 0 Å². The molecule has 2 aliphatic rings. The lowest BCUT2D eigenvalue weighted by molar-refractivity contribution is -0.189. The SMILES string of the molecule is Cl.NC1(c2noc(C3CCCCC3C(F)(F)F)n2)CCCC1. The predicted octanol–water partition coefficient (Wildman–Crippen LogP) is 4.06. The summed E-state index contributed by atoms with van der Waals surface area (Å²) in [5.41, 5.74) is 5.62. The molecule has 22 heavy (non-hydrogen) atoms. The highest BCUT2D eigenvalue weighted by atomic mass is 35.5. The van der Waals surface area contributed by atoms with Crippen LogP contribution in [0.3, 0.4) is 0 Å². The molecule has 4 nitrogen and oxygen atoms in total. The molecule has 1 aromatic rings. The summed E-state index contributed by atoms with van der Waals surface area (Å²) in [6.07, 6.45) is 1.25. The Labute approximate surface area is 133 Å². The van der Waals surface area contributed by atoms with Crippen molar-refractivity contribution >= 4 is 12.4 Å². The Morgan fingerprint density at radius 3 is 2.36 bits per heavy atom. The van der Waals surface area contributed by atoms with Crippen LogP contribution >= 0.6 is 12.4 Å². The zero-order valence-corrected chi connectivity index (χ0v) is 13.1. The molecule has 126 valence electrons. The molecule has 1 aromatic heterocycles. The lowest BCUT2D eigenvalue weighted by Gasteiger charge is -2.30. The molecule has 0 aliphatic heterocycles. The smallest absolute Gasteiger partial charge is 0.339 e. The van der Waals surface area contributed by atoms with E-state index in [0.717, 1.165) is 32.1 Å². The van der Waals surface area contributed by atoms with Gasteiger partial charge in [0, 0.05) is 5.92 Å². The van der Waals surface area contributed by atoms with E-state index in [0.29, 0.717) is 18.7 Å². The highest BCUT2D eigenvalue weighted by Crippen LogP contribution is 2.46. The van der Waals surface area contributed by atoms with Gasteiger partial charge in [-0.3, -0.25) is 0 Å². The fraction of sp³-hybridized carbons (Fsp3) is 0.857. The predicted molar refractivity (Wildman–Crippen MR) is 76.6 cm³/mol. The number of hydrogen-bond acceptors (Lipinski definition) is 4. The molecule has 2 unspecified atom stereocenters. The first-order valence-electron chi connectivity index (χ1n) is 7.60. The van der Waals surface area contributed by atoms with Gasteiger partial charge in [0.15, 0.2) is 5.82 Å². The molecule has 2 saturated carbocycles. The first kappa shape index (κ1) is 17.5. The van der Waals surface area contributed by atoms with E-state index in [9.17, 15) is 13.2 Å². The van der Waals surface area contributed by atoms with Crippen molar-refractivity contribution in [3.8, 4) is 0 Å². The van der Waals surface area contributed by atoms with E-state index in [4.69, 9.17) is 10.3 Å². The summed E-state index contributed by atoms with van der Waals surface area (Å²) < 4.78 is 44.6. The van der Waals surface area contributed by atoms with E-state index in [1.807, 2.05) is 0 Å². The molecule has 2 fully saturated rings. The van der Waals surface area contributed by atoms with Gasteiger partial charge in [-0.1, -0.05) is 30.8 Å². The molecular weight excluding hydrogens is 319 g/mol. The Morgan fingerprint density at radius 1 is 1.09 bits per heavy atom. The molecule has 1 heterocycles. The summed E-state index contributed by atoms with van der Waals surface area (Å²) in [6.45, 7) is 0. The normalized spacial score (nSPS) is 28.4. The molecule has 2 aliphatic carbocycles. The van der Waals surface area contributed by atoms with Gasteiger partial charge in [-0.25, -0.2) is 0 Å². The van der Waals surface area contributed by atoms with E-state index in [1.165, 1.54) is 0 Å². The minimum atomic E-state index is -4.21. The zero-order chi connectivity index (χ0) is 15.1. The second-order valence-corrected chi connectivity index (χ2v) is 6.36. The molecule has 3 rings (SSSR count). The Morgan fingerprint density at radius 2 is 1.73 bits per heavy atom. The van der Waals surface area contributed by atoms with Gasteiger partial charge in [0.25, 0.3) is 0 Å². The van der Waals surface area contributed by atoms with Gasteiger partial charge >= 0.3 is 6.18 Å². The number of nitrogens with two attached hydrogens (primary N) is 1. The van der Waals surface area contributed by atoms with Crippen LogP contribution < -0.4 is 5.73 Å². The molecule has 0 bridgehead atoms.